The minimum absolute atomic E-state index is 0.0690. The Hall–Kier alpha value is -2.20. The molecule has 0 atom stereocenters. The number of amides is 1. The van der Waals surface area contributed by atoms with Gasteiger partial charge in [-0.25, -0.2) is 0 Å². The van der Waals surface area contributed by atoms with Crippen LogP contribution in [0.5, 0.6) is 5.75 Å². The molecular formula is C12H16N4O2. The van der Waals surface area contributed by atoms with Gasteiger partial charge in [-0.1, -0.05) is 23.3 Å². The monoisotopic (exact) mass is 248 g/mol. The standard InChI is InChI=1S/C12H16N4O2/c1-18-11-6-3-2-5-10(11)9-12(17)14-7-4-8-15-16-13/h2-3,5-6H,4,7-9H2,1H3,(H,14,17). The maximum Gasteiger partial charge on any atom is 0.224 e. The summed E-state index contributed by atoms with van der Waals surface area (Å²) in [4.78, 5) is 14.3. The van der Waals surface area contributed by atoms with Crippen LogP contribution in [-0.4, -0.2) is 26.1 Å². The molecule has 0 heterocycles. The van der Waals surface area contributed by atoms with E-state index in [1.807, 2.05) is 24.3 Å². The van der Waals surface area contributed by atoms with Crippen LogP contribution >= 0.6 is 0 Å². The Morgan fingerprint density at radius 1 is 1.50 bits per heavy atom. The summed E-state index contributed by atoms with van der Waals surface area (Å²) in [6.45, 7) is 0.901. The zero-order valence-electron chi connectivity index (χ0n) is 10.3. The zero-order chi connectivity index (χ0) is 13.2. The number of carbonyl (C=O) groups is 1. The molecule has 0 bridgehead atoms. The van der Waals surface area contributed by atoms with Gasteiger partial charge in [0.2, 0.25) is 5.91 Å². The van der Waals surface area contributed by atoms with Gasteiger partial charge in [-0.3, -0.25) is 4.79 Å². The molecule has 0 aliphatic heterocycles. The first-order valence-electron chi connectivity index (χ1n) is 5.67. The van der Waals surface area contributed by atoms with Gasteiger partial charge in [-0.15, -0.1) is 0 Å². The summed E-state index contributed by atoms with van der Waals surface area (Å²) in [6.07, 6.45) is 0.924. The lowest BCUT2D eigenvalue weighted by atomic mass is 10.1. The van der Waals surface area contributed by atoms with E-state index in [4.69, 9.17) is 10.3 Å². The summed E-state index contributed by atoms with van der Waals surface area (Å²) in [6, 6.07) is 7.41. The molecule has 1 aromatic rings. The van der Waals surface area contributed by atoms with Crippen molar-refractivity contribution in [3.63, 3.8) is 0 Å². The Balaban J connectivity index is 2.37. The summed E-state index contributed by atoms with van der Waals surface area (Å²) < 4.78 is 5.17. The summed E-state index contributed by atoms with van der Waals surface area (Å²) in [7, 11) is 1.58. The Labute approximate surface area is 106 Å². The van der Waals surface area contributed by atoms with E-state index in [2.05, 4.69) is 15.3 Å². The molecule has 0 spiro atoms. The number of hydrogen-bond donors (Lipinski definition) is 1. The third kappa shape index (κ3) is 4.76. The Morgan fingerprint density at radius 2 is 2.28 bits per heavy atom. The fourth-order valence-electron chi connectivity index (χ4n) is 1.51. The quantitative estimate of drug-likeness (QED) is 0.346. The number of nitrogens with one attached hydrogen (secondary N) is 1. The van der Waals surface area contributed by atoms with Crippen LogP contribution in [0.2, 0.25) is 0 Å². The Kier molecular flexibility index (Phi) is 6.14. The lowest BCUT2D eigenvalue weighted by molar-refractivity contribution is -0.120. The minimum Gasteiger partial charge on any atom is -0.496 e. The molecule has 0 radical (unpaired) electrons. The van der Waals surface area contributed by atoms with Crippen molar-refractivity contribution in [2.75, 3.05) is 20.2 Å². The highest BCUT2D eigenvalue weighted by Crippen LogP contribution is 2.17. The lowest BCUT2D eigenvalue weighted by Crippen LogP contribution is -2.26. The van der Waals surface area contributed by atoms with E-state index in [9.17, 15) is 4.79 Å². The predicted molar refractivity (Wildman–Crippen MR) is 68.3 cm³/mol. The number of rotatable bonds is 7. The molecule has 18 heavy (non-hydrogen) atoms. The molecule has 0 aliphatic rings. The molecule has 0 saturated heterocycles. The normalized spacial score (nSPS) is 9.39. The topological polar surface area (TPSA) is 87.1 Å². The number of hydrogen-bond acceptors (Lipinski definition) is 3. The molecule has 1 N–H and O–H groups in total. The molecule has 6 heteroatoms. The number of methoxy groups -OCH3 is 1. The number of para-hydroxylation sites is 1. The van der Waals surface area contributed by atoms with Gasteiger partial charge in [0, 0.05) is 23.6 Å². The van der Waals surface area contributed by atoms with E-state index in [0.29, 0.717) is 25.3 Å². The average molecular weight is 248 g/mol. The number of azide groups is 1. The molecular weight excluding hydrogens is 232 g/mol. The number of ether oxygens (including phenoxy) is 1. The highest BCUT2D eigenvalue weighted by Gasteiger charge is 2.07. The summed E-state index contributed by atoms with van der Waals surface area (Å²) in [5, 5.41) is 6.15. The van der Waals surface area contributed by atoms with Crippen LogP contribution in [0.4, 0.5) is 0 Å². The lowest BCUT2D eigenvalue weighted by Gasteiger charge is -2.08. The number of benzene rings is 1. The smallest absolute Gasteiger partial charge is 0.224 e. The first-order valence-corrected chi connectivity index (χ1v) is 5.67. The van der Waals surface area contributed by atoms with Gasteiger partial charge in [0.25, 0.3) is 0 Å². The molecule has 0 fully saturated rings. The van der Waals surface area contributed by atoms with Crippen LogP contribution in [0.25, 0.3) is 10.4 Å². The van der Waals surface area contributed by atoms with Gasteiger partial charge in [0.1, 0.15) is 5.75 Å². The molecule has 1 amide bonds. The van der Waals surface area contributed by atoms with E-state index in [1.54, 1.807) is 7.11 Å². The largest absolute Gasteiger partial charge is 0.496 e. The SMILES string of the molecule is COc1ccccc1CC(=O)NCCCN=[N+]=[N-]. The van der Waals surface area contributed by atoms with Crippen LogP contribution in [0.15, 0.2) is 29.4 Å². The van der Waals surface area contributed by atoms with Crippen molar-refractivity contribution in [3.05, 3.63) is 40.3 Å². The van der Waals surface area contributed by atoms with E-state index in [1.165, 1.54) is 0 Å². The average Bonchev–Trinajstić information content (AvgIpc) is 2.39. The van der Waals surface area contributed by atoms with Crippen molar-refractivity contribution in [2.45, 2.75) is 12.8 Å². The number of nitrogens with zero attached hydrogens (tertiary/aromatic N) is 3. The predicted octanol–water partition coefficient (Wildman–Crippen LogP) is 2.05. The molecule has 6 nitrogen and oxygen atoms in total. The van der Waals surface area contributed by atoms with E-state index < -0.39 is 0 Å². The minimum atomic E-state index is -0.0690. The van der Waals surface area contributed by atoms with Crippen molar-refractivity contribution in [1.29, 1.82) is 0 Å². The van der Waals surface area contributed by atoms with Crippen molar-refractivity contribution in [3.8, 4) is 5.75 Å². The summed E-state index contributed by atoms with van der Waals surface area (Å²) in [5.41, 5.74) is 8.94. The first-order chi connectivity index (χ1) is 8.77. The van der Waals surface area contributed by atoms with E-state index in [0.717, 1.165) is 5.56 Å². The summed E-state index contributed by atoms with van der Waals surface area (Å²) >= 11 is 0. The van der Waals surface area contributed by atoms with Gasteiger partial charge in [0.15, 0.2) is 0 Å². The molecule has 1 rings (SSSR count). The molecule has 0 unspecified atom stereocenters. The molecule has 96 valence electrons. The maximum atomic E-state index is 11.6. The molecule has 0 saturated carbocycles. The fraction of sp³-hybridized carbons (Fsp3) is 0.417. The Morgan fingerprint density at radius 3 is 3.00 bits per heavy atom. The van der Waals surface area contributed by atoms with Gasteiger partial charge in [-0.05, 0) is 18.0 Å². The van der Waals surface area contributed by atoms with Gasteiger partial charge in [-0.2, -0.15) is 0 Å². The maximum absolute atomic E-state index is 11.6. The van der Waals surface area contributed by atoms with Crippen LogP contribution in [0, 0.1) is 0 Å². The van der Waals surface area contributed by atoms with Crippen molar-refractivity contribution in [1.82, 2.24) is 5.32 Å². The third-order valence-electron chi connectivity index (χ3n) is 2.36. The van der Waals surface area contributed by atoms with Crippen molar-refractivity contribution in [2.24, 2.45) is 5.11 Å². The first kappa shape index (κ1) is 13.9. The van der Waals surface area contributed by atoms with Gasteiger partial charge >= 0.3 is 0 Å². The summed E-state index contributed by atoms with van der Waals surface area (Å²) in [5.74, 6) is 0.641. The second kappa shape index (κ2) is 7.97. The Bertz CT molecular complexity index is 441. The van der Waals surface area contributed by atoms with Crippen LogP contribution in [0.3, 0.4) is 0 Å². The van der Waals surface area contributed by atoms with Crippen molar-refractivity contribution < 1.29 is 9.53 Å². The van der Waals surface area contributed by atoms with Crippen molar-refractivity contribution >= 4 is 5.91 Å². The van der Waals surface area contributed by atoms with Gasteiger partial charge < -0.3 is 10.1 Å². The van der Waals surface area contributed by atoms with Crippen LogP contribution in [-0.2, 0) is 11.2 Å². The molecule has 1 aromatic carbocycles. The fourth-order valence-corrected chi connectivity index (χ4v) is 1.51. The van der Waals surface area contributed by atoms with E-state index in [-0.39, 0.29) is 12.3 Å². The van der Waals surface area contributed by atoms with E-state index >= 15 is 0 Å². The van der Waals surface area contributed by atoms with Crippen LogP contribution in [0.1, 0.15) is 12.0 Å². The molecule has 0 aliphatic carbocycles. The second-order valence-electron chi connectivity index (χ2n) is 3.65. The zero-order valence-corrected chi connectivity index (χ0v) is 10.3. The number of carbonyl (C=O) groups excluding carboxylic acids is 1. The third-order valence-corrected chi connectivity index (χ3v) is 2.36. The molecule has 0 aromatic heterocycles. The van der Waals surface area contributed by atoms with Gasteiger partial charge in [0.05, 0.1) is 13.5 Å². The second-order valence-corrected chi connectivity index (χ2v) is 3.65. The highest BCUT2D eigenvalue weighted by molar-refractivity contribution is 5.79. The van der Waals surface area contributed by atoms with Crippen LogP contribution < -0.4 is 10.1 Å². The highest BCUT2D eigenvalue weighted by atomic mass is 16.5.